The second-order valence-electron chi connectivity index (χ2n) is 9.17. The van der Waals surface area contributed by atoms with Crippen LogP contribution in [-0.4, -0.2) is 77.3 Å². The van der Waals surface area contributed by atoms with Crippen LogP contribution in [-0.2, 0) is 10.3 Å². The van der Waals surface area contributed by atoms with Crippen molar-refractivity contribution in [2.75, 3.05) is 50.1 Å². The van der Waals surface area contributed by atoms with Gasteiger partial charge in [-0.2, -0.15) is 5.10 Å². The molecule has 2 saturated heterocycles. The number of hydrogen-bond donors (Lipinski definition) is 4. The van der Waals surface area contributed by atoms with Crippen LogP contribution in [0, 0.1) is 17.2 Å². The van der Waals surface area contributed by atoms with Gasteiger partial charge < -0.3 is 30.4 Å². The van der Waals surface area contributed by atoms with Gasteiger partial charge in [0.25, 0.3) is 0 Å². The number of likely N-dealkylation sites (tertiary alicyclic amines) is 1. The molecule has 3 aliphatic rings. The van der Waals surface area contributed by atoms with E-state index in [-0.39, 0.29) is 17.9 Å². The summed E-state index contributed by atoms with van der Waals surface area (Å²) in [5.74, 6) is 2.37. The Balaban J connectivity index is 1.65. The maximum Gasteiger partial charge on any atom is 0.143 e. The molecule has 2 bridgehead atoms. The van der Waals surface area contributed by atoms with Crippen LogP contribution in [0.2, 0.25) is 0 Å². The zero-order valence-corrected chi connectivity index (χ0v) is 18.1. The number of piperidine rings is 1. The van der Waals surface area contributed by atoms with Gasteiger partial charge in [0.1, 0.15) is 17.5 Å². The first kappa shape index (κ1) is 20.4. The highest BCUT2D eigenvalue weighted by Crippen LogP contribution is 2.52. The zero-order chi connectivity index (χ0) is 21.6. The van der Waals surface area contributed by atoms with E-state index in [2.05, 4.69) is 39.3 Å². The smallest absolute Gasteiger partial charge is 0.143 e. The van der Waals surface area contributed by atoms with Gasteiger partial charge in [0.15, 0.2) is 0 Å². The van der Waals surface area contributed by atoms with Gasteiger partial charge in [0.05, 0.1) is 31.1 Å². The largest absolute Gasteiger partial charge is 0.384 e. The van der Waals surface area contributed by atoms with Gasteiger partial charge in [-0.25, -0.2) is 4.98 Å². The number of nitrogens with one attached hydrogen (secondary N) is 3. The van der Waals surface area contributed by atoms with Crippen LogP contribution >= 0.6 is 0 Å². The number of aromatic nitrogens is 3. The summed E-state index contributed by atoms with van der Waals surface area (Å²) >= 11 is 0. The molecular formula is C22H31N7O2. The minimum atomic E-state index is -0.961. The third kappa shape index (κ3) is 3.40. The Labute approximate surface area is 182 Å². The Morgan fingerprint density at radius 2 is 2.13 bits per heavy atom. The van der Waals surface area contributed by atoms with Crippen LogP contribution in [0.5, 0.6) is 0 Å². The van der Waals surface area contributed by atoms with Crippen LogP contribution in [0.3, 0.4) is 0 Å². The third-order valence-electron chi connectivity index (χ3n) is 7.21. The van der Waals surface area contributed by atoms with Crippen LogP contribution in [0.15, 0.2) is 18.3 Å². The lowest BCUT2D eigenvalue weighted by Gasteiger charge is -2.45. The average molecular weight is 426 g/mol. The van der Waals surface area contributed by atoms with E-state index >= 15 is 0 Å². The Morgan fingerprint density at radius 1 is 1.35 bits per heavy atom. The summed E-state index contributed by atoms with van der Waals surface area (Å²) in [6.07, 6.45) is 4.99. The summed E-state index contributed by atoms with van der Waals surface area (Å²) in [6, 6.07) is 4.04. The highest BCUT2D eigenvalue weighted by molar-refractivity contribution is 5.89. The highest BCUT2D eigenvalue weighted by atomic mass is 16.5. The molecule has 9 nitrogen and oxygen atoms in total. The van der Waals surface area contributed by atoms with Crippen molar-refractivity contribution >= 4 is 23.7 Å². The van der Waals surface area contributed by atoms with Gasteiger partial charge in [-0.05, 0) is 32.9 Å². The number of aromatic amines is 1. The molecule has 2 unspecified atom stereocenters. The number of morpholine rings is 1. The SMILES string of the molecule is C[C@@H]1COCCN1c1cc(C2(O)C3CCC2CN(C)C3)c(C=N)c(Nc2ccn[nH]2)n1. The minimum absolute atomic E-state index is 0.146. The molecule has 2 aromatic rings. The fraction of sp³-hybridized carbons (Fsp3) is 0.591. The number of anilines is 3. The van der Waals surface area contributed by atoms with E-state index in [0.29, 0.717) is 30.4 Å². The molecule has 0 radical (unpaired) electrons. The Morgan fingerprint density at radius 3 is 2.77 bits per heavy atom. The maximum atomic E-state index is 12.2. The Bertz CT molecular complexity index is 934. The minimum Gasteiger partial charge on any atom is -0.384 e. The number of nitrogens with zero attached hydrogens (tertiary/aromatic N) is 4. The average Bonchev–Trinajstić information content (AvgIpc) is 3.31. The third-order valence-corrected chi connectivity index (χ3v) is 7.21. The molecule has 0 amide bonds. The lowest BCUT2D eigenvalue weighted by atomic mass is 9.74. The van der Waals surface area contributed by atoms with E-state index < -0.39 is 5.60 Å². The van der Waals surface area contributed by atoms with E-state index in [0.717, 1.165) is 43.9 Å². The second kappa shape index (κ2) is 7.89. The second-order valence-corrected chi connectivity index (χ2v) is 9.17. The van der Waals surface area contributed by atoms with E-state index in [1.165, 1.54) is 6.21 Å². The summed E-state index contributed by atoms with van der Waals surface area (Å²) in [5, 5.41) is 30.6. The molecule has 2 aromatic heterocycles. The topological polar surface area (TPSA) is 113 Å². The number of fused-ring (bicyclic) bond motifs is 2. The van der Waals surface area contributed by atoms with Crippen molar-refractivity contribution in [3.8, 4) is 0 Å². The molecule has 4 heterocycles. The molecule has 1 saturated carbocycles. The molecule has 166 valence electrons. The van der Waals surface area contributed by atoms with Crippen molar-refractivity contribution in [3.05, 3.63) is 29.5 Å². The van der Waals surface area contributed by atoms with Gasteiger partial charge in [-0.3, -0.25) is 5.10 Å². The van der Waals surface area contributed by atoms with E-state index in [4.69, 9.17) is 15.1 Å². The monoisotopic (exact) mass is 425 g/mol. The summed E-state index contributed by atoms with van der Waals surface area (Å²) < 4.78 is 5.63. The quantitative estimate of drug-likeness (QED) is 0.541. The van der Waals surface area contributed by atoms with Crippen molar-refractivity contribution in [2.24, 2.45) is 11.8 Å². The molecule has 31 heavy (non-hydrogen) atoms. The maximum absolute atomic E-state index is 12.2. The molecule has 5 rings (SSSR count). The van der Waals surface area contributed by atoms with Crippen molar-refractivity contribution in [1.29, 1.82) is 5.41 Å². The van der Waals surface area contributed by atoms with E-state index in [9.17, 15) is 5.11 Å². The standard InChI is InChI=1S/C22H31N7O2/c1-14-13-31-8-7-29(14)20-9-18(22(30)15-3-4-16(22)12-28(2)11-15)17(10-23)21(26-20)25-19-5-6-24-27-19/h5-6,9-10,14-16,23,30H,3-4,7-8,11-13H2,1-2H3,(H2,24,25,26,27)/t14-,15?,16?,22?/m1/s1. The molecule has 3 fully saturated rings. The van der Waals surface area contributed by atoms with E-state index in [1.54, 1.807) is 6.20 Å². The molecule has 0 spiro atoms. The summed E-state index contributed by atoms with van der Waals surface area (Å²) in [4.78, 5) is 9.45. The fourth-order valence-corrected chi connectivity index (χ4v) is 5.69. The first-order valence-electron chi connectivity index (χ1n) is 11.1. The number of ether oxygens (including phenoxy) is 1. The molecule has 3 atom stereocenters. The number of H-pyrrole nitrogens is 1. The van der Waals surface area contributed by atoms with E-state index in [1.807, 2.05) is 12.1 Å². The van der Waals surface area contributed by atoms with Gasteiger partial charge in [-0.15, -0.1) is 0 Å². The van der Waals surface area contributed by atoms with Crippen molar-refractivity contribution in [2.45, 2.75) is 31.4 Å². The first-order valence-corrected chi connectivity index (χ1v) is 11.1. The van der Waals surface area contributed by atoms with Crippen LogP contribution in [0.25, 0.3) is 0 Å². The number of rotatable bonds is 5. The summed E-state index contributed by atoms with van der Waals surface area (Å²) in [6.45, 7) is 5.89. The Kier molecular flexibility index (Phi) is 5.19. The normalized spacial score (nSPS) is 31.1. The van der Waals surface area contributed by atoms with Crippen LogP contribution in [0.4, 0.5) is 17.5 Å². The molecular weight excluding hydrogens is 394 g/mol. The van der Waals surface area contributed by atoms with Gasteiger partial charge in [0.2, 0.25) is 0 Å². The van der Waals surface area contributed by atoms with Gasteiger partial charge in [0, 0.05) is 54.9 Å². The lowest BCUT2D eigenvalue weighted by Crippen LogP contribution is -2.51. The van der Waals surface area contributed by atoms with Gasteiger partial charge in [-0.1, -0.05) is 0 Å². The fourth-order valence-electron chi connectivity index (χ4n) is 5.69. The lowest BCUT2D eigenvalue weighted by molar-refractivity contribution is -0.0848. The molecule has 1 aliphatic carbocycles. The molecule has 0 aromatic carbocycles. The molecule has 4 N–H and O–H groups in total. The predicted octanol–water partition coefficient (Wildman–Crippen LogP) is 1.93. The number of pyridine rings is 1. The highest BCUT2D eigenvalue weighted by Gasteiger charge is 2.54. The summed E-state index contributed by atoms with van der Waals surface area (Å²) in [7, 11) is 2.13. The Hall–Kier alpha value is -2.49. The first-order chi connectivity index (χ1) is 15.0. The number of hydrogen-bond acceptors (Lipinski definition) is 8. The molecule has 2 aliphatic heterocycles. The van der Waals surface area contributed by atoms with Crippen molar-refractivity contribution < 1.29 is 9.84 Å². The summed E-state index contributed by atoms with van der Waals surface area (Å²) in [5.41, 5.74) is 0.494. The zero-order valence-electron chi connectivity index (χ0n) is 18.1. The molecule has 9 heteroatoms. The van der Waals surface area contributed by atoms with Crippen LogP contribution < -0.4 is 10.2 Å². The van der Waals surface area contributed by atoms with Crippen molar-refractivity contribution in [3.63, 3.8) is 0 Å². The predicted molar refractivity (Wildman–Crippen MR) is 119 cm³/mol. The van der Waals surface area contributed by atoms with Gasteiger partial charge >= 0.3 is 0 Å². The van der Waals surface area contributed by atoms with Crippen molar-refractivity contribution in [1.82, 2.24) is 20.1 Å². The number of aliphatic hydroxyl groups is 1. The van der Waals surface area contributed by atoms with Crippen LogP contribution in [0.1, 0.15) is 30.9 Å².